The van der Waals surface area contributed by atoms with Gasteiger partial charge in [-0.1, -0.05) is 30.3 Å². The van der Waals surface area contributed by atoms with Crippen LogP contribution in [0.2, 0.25) is 0 Å². The minimum absolute atomic E-state index is 0.129. The van der Waals surface area contributed by atoms with Crippen molar-refractivity contribution in [3.63, 3.8) is 0 Å². The van der Waals surface area contributed by atoms with Gasteiger partial charge in [0.1, 0.15) is 0 Å². The van der Waals surface area contributed by atoms with Crippen molar-refractivity contribution in [3.05, 3.63) is 48.0 Å². The van der Waals surface area contributed by atoms with E-state index in [0.29, 0.717) is 5.56 Å². The minimum Gasteiger partial charge on any atom is -0.467 e. The third kappa shape index (κ3) is 2.14. The van der Waals surface area contributed by atoms with Crippen molar-refractivity contribution < 1.29 is 14.6 Å². The molecule has 0 amide bonds. The smallest absolute Gasteiger partial charge is 0.342 e. The molecule has 16 heavy (non-hydrogen) atoms. The summed E-state index contributed by atoms with van der Waals surface area (Å²) in [7, 11) is 1.26. The summed E-state index contributed by atoms with van der Waals surface area (Å²) in [6.45, 7) is 5.39. The van der Waals surface area contributed by atoms with Gasteiger partial charge in [0.15, 0.2) is 5.60 Å². The van der Waals surface area contributed by atoms with E-state index in [9.17, 15) is 9.90 Å². The van der Waals surface area contributed by atoms with Gasteiger partial charge in [-0.15, -0.1) is 6.58 Å². The summed E-state index contributed by atoms with van der Waals surface area (Å²) in [4.78, 5) is 11.7. The SMILES string of the molecule is C=CC[C@](O)(C(=O)OC)c1ccccc1C. The molecule has 0 radical (unpaired) electrons. The Morgan fingerprint density at radius 1 is 1.56 bits per heavy atom. The number of esters is 1. The maximum atomic E-state index is 11.7. The Morgan fingerprint density at radius 2 is 2.19 bits per heavy atom. The number of methoxy groups -OCH3 is 1. The van der Waals surface area contributed by atoms with Gasteiger partial charge in [-0.2, -0.15) is 0 Å². The van der Waals surface area contributed by atoms with Crippen molar-refractivity contribution in [2.45, 2.75) is 18.9 Å². The van der Waals surface area contributed by atoms with Gasteiger partial charge in [0, 0.05) is 6.42 Å². The maximum Gasteiger partial charge on any atom is 0.342 e. The molecule has 1 rings (SSSR count). The van der Waals surface area contributed by atoms with Crippen molar-refractivity contribution in [2.75, 3.05) is 7.11 Å². The molecule has 86 valence electrons. The molecular weight excluding hydrogens is 204 g/mol. The summed E-state index contributed by atoms with van der Waals surface area (Å²) >= 11 is 0. The molecule has 0 aliphatic rings. The molecule has 1 atom stereocenters. The Bertz CT molecular complexity index is 398. The van der Waals surface area contributed by atoms with Crippen LogP contribution in [0.5, 0.6) is 0 Å². The van der Waals surface area contributed by atoms with Gasteiger partial charge in [0.05, 0.1) is 7.11 Å². The largest absolute Gasteiger partial charge is 0.467 e. The maximum absolute atomic E-state index is 11.7. The lowest BCUT2D eigenvalue weighted by Crippen LogP contribution is -2.37. The van der Waals surface area contributed by atoms with Crippen LogP contribution in [-0.4, -0.2) is 18.2 Å². The summed E-state index contributed by atoms with van der Waals surface area (Å²) in [5.74, 6) is -0.665. The van der Waals surface area contributed by atoms with E-state index >= 15 is 0 Å². The second kappa shape index (κ2) is 4.94. The highest BCUT2D eigenvalue weighted by molar-refractivity contribution is 5.81. The Balaban J connectivity index is 3.26. The molecule has 0 aliphatic carbocycles. The van der Waals surface area contributed by atoms with Gasteiger partial charge in [0.25, 0.3) is 0 Å². The second-order valence-corrected chi connectivity index (χ2v) is 3.66. The molecule has 0 heterocycles. The molecule has 0 saturated heterocycles. The summed E-state index contributed by atoms with van der Waals surface area (Å²) in [6.07, 6.45) is 1.63. The third-order valence-corrected chi connectivity index (χ3v) is 2.55. The number of rotatable bonds is 4. The first kappa shape index (κ1) is 12.5. The first-order chi connectivity index (χ1) is 7.56. The third-order valence-electron chi connectivity index (χ3n) is 2.55. The molecule has 0 saturated carbocycles. The van der Waals surface area contributed by atoms with E-state index < -0.39 is 11.6 Å². The molecular formula is C13H16O3. The van der Waals surface area contributed by atoms with E-state index in [1.54, 1.807) is 12.1 Å². The highest BCUT2D eigenvalue weighted by Crippen LogP contribution is 2.29. The Morgan fingerprint density at radius 3 is 2.69 bits per heavy atom. The van der Waals surface area contributed by atoms with Crippen LogP contribution < -0.4 is 0 Å². The van der Waals surface area contributed by atoms with Crippen LogP contribution in [0.3, 0.4) is 0 Å². The molecule has 1 aromatic rings. The molecule has 0 unspecified atom stereocenters. The lowest BCUT2D eigenvalue weighted by Gasteiger charge is -2.25. The van der Waals surface area contributed by atoms with Gasteiger partial charge >= 0.3 is 5.97 Å². The quantitative estimate of drug-likeness (QED) is 0.623. The average molecular weight is 220 g/mol. The van der Waals surface area contributed by atoms with Crippen LogP contribution in [0.4, 0.5) is 0 Å². The zero-order valence-corrected chi connectivity index (χ0v) is 9.56. The molecule has 1 aromatic carbocycles. The van der Waals surface area contributed by atoms with Gasteiger partial charge in [-0.3, -0.25) is 0 Å². The molecule has 0 aromatic heterocycles. The van der Waals surface area contributed by atoms with E-state index in [1.165, 1.54) is 13.2 Å². The number of carbonyl (C=O) groups is 1. The van der Waals surface area contributed by atoms with Crippen molar-refractivity contribution in [2.24, 2.45) is 0 Å². The van der Waals surface area contributed by atoms with Crippen LogP contribution in [-0.2, 0) is 15.1 Å². The van der Waals surface area contributed by atoms with E-state index in [-0.39, 0.29) is 6.42 Å². The van der Waals surface area contributed by atoms with E-state index in [0.717, 1.165) is 5.56 Å². The van der Waals surface area contributed by atoms with Crippen molar-refractivity contribution in [1.29, 1.82) is 0 Å². The molecule has 0 fully saturated rings. The fourth-order valence-electron chi connectivity index (χ4n) is 1.72. The zero-order chi connectivity index (χ0) is 12.2. The monoisotopic (exact) mass is 220 g/mol. The lowest BCUT2D eigenvalue weighted by molar-refractivity contribution is -0.163. The first-order valence-electron chi connectivity index (χ1n) is 5.04. The van der Waals surface area contributed by atoms with Gasteiger partial charge in [-0.25, -0.2) is 4.79 Å². The number of benzene rings is 1. The molecule has 0 aliphatic heterocycles. The van der Waals surface area contributed by atoms with Crippen molar-refractivity contribution in [3.8, 4) is 0 Å². The van der Waals surface area contributed by atoms with Crippen molar-refractivity contribution >= 4 is 5.97 Å². The van der Waals surface area contributed by atoms with E-state index in [4.69, 9.17) is 0 Å². The average Bonchev–Trinajstić information content (AvgIpc) is 2.28. The Kier molecular flexibility index (Phi) is 3.85. The van der Waals surface area contributed by atoms with Crippen LogP contribution in [0.15, 0.2) is 36.9 Å². The number of aryl methyl sites for hydroxylation is 1. The molecule has 3 nitrogen and oxygen atoms in total. The van der Waals surface area contributed by atoms with Crippen LogP contribution in [0, 0.1) is 6.92 Å². The normalized spacial score (nSPS) is 13.9. The fourth-order valence-corrected chi connectivity index (χ4v) is 1.72. The van der Waals surface area contributed by atoms with Crippen LogP contribution in [0.1, 0.15) is 17.5 Å². The summed E-state index contributed by atoms with van der Waals surface area (Å²) in [5.41, 5.74) is -0.235. The van der Waals surface area contributed by atoms with Crippen LogP contribution in [0.25, 0.3) is 0 Å². The predicted molar refractivity (Wildman–Crippen MR) is 61.9 cm³/mol. The zero-order valence-electron chi connectivity index (χ0n) is 9.56. The van der Waals surface area contributed by atoms with Gasteiger partial charge < -0.3 is 9.84 Å². The fraction of sp³-hybridized carbons (Fsp3) is 0.308. The summed E-state index contributed by atoms with van der Waals surface area (Å²) in [5, 5.41) is 10.4. The highest BCUT2D eigenvalue weighted by atomic mass is 16.5. The molecule has 3 heteroatoms. The Hall–Kier alpha value is -1.61. The van der Waals surface area contributed by atoms with E-state index in [1.807, 2.05) is 19.1 Å². The lowest BCUT2D eigenvalue weighted by atomic mass is 9.87. The van der Waals surface area contributed by atoms with E-state index in [2.05, 4.69) is 11.3 Å². The number of hydrogen-bond donors (Lipinski definition) is 1. The second-order valence-electron chi connectivity index (χ2n) is 3.66. The van der Waals surface area contributed by atoms with Crippen LogP contribution >= 0.6 is 0 Å². The Labute approximate surface area is 95.4 Å². The van der Waals surface area contributed by atoms with Gasteiger partial charge in [0.2, 0.25) is 0 Å². The minimum atomic E-state index is -1.64. The number of aliphatic hydroxyl groups is 1. The molecule has 1 N–H and O–H groups in total. The number of ether oxygens (including phenoxy) is 1. The van der Waals surface area contributed by atoms with Gasteiger partial charge in [-0.05, 0) is 18.1 Å². The number of carbonyl (C=O) groups excluding carboxylic acids is 1. The summed E-state index contributed by atoms with van der Waals surface area (Å²) in [6, 6.07) is 7.19. The van der Waals surface area contributed by atoms with Crippen molar-refractivity contribution in [1.82, 2.24) is 0 Å². The number of hydrogen-bond acceptors (Lipinski definition) is 3. The first-order valence-corrected chi connectivity index (χ1v) is 5.04. The highest BCUT2D eigenvalue weighted by Gasteiger charge is 2.38. The topological polar surface area (TPSA) is 46.5 Å². The predicted octanol–water partition coefficient (Wildman–Crippen LogP) is 1.93. The molecule has 0 spiro atoms. The standard InChI is InChI=1S/C13H16O3/c1-4-9-13(15,12(14)16-3)11-8-6-5-7-10(11)2/h4-8,15H,1,9H2,2-3H3/t13-/m1/s1. The summed E-state index contributed by atoms with van der Waals surface area (Å²) < 4.78 is 4.64. The molecule has 0 bridgehead atoms.